The maximum absolute atomic E-state index is 11.6. The Bertz CT molecular complexity index is 651. The van der Waals surface area contributed by atoms with E-state index in [1.807, 2.05) is 18.2 Å². The Morgan fingerprint density at radius 2 is 1.77 bits per heavy atom. The van der Waals surface area contributed by atoms with Crippen LogP contribution in [-0.2, 0) is 4.79 Å². The Kier molecular flexibility index (Phi) is 4.14. The SMILES string of the molecule is Nc1ccc(Oc2ccccc2OCNC(=O)C2CC2)cc1. The van der Waals surface area contributed by atoms with Gasteiger partial charge in [-0.15, -0.1) is 0 Å². The number of benzene rings is 2. The normalized spacial score (nSPS) is 13.5. The van der Waals surface area contributed by atoms with Gasteiger partial charge in [-0.2, -0.15) is 0 Å². The number of hydrogen-bond donors (Lipinski definition) is 2. The first kappa shape index (κ1) is 14.3. The Hall–Kier alpha value is -2.69. The number of hydrogen-bond acceptors (Lipinski definition) is 4. The van der Waals surface area contributed by atoms with E-state index in [2.05, 4.69) is 5.32 Å². The molecule has 1 aliphatic rings. The molecule has 0 spiro atoms. The van der Waals surface area contributed by atoms with Crippen LogP contribution >= 0.6 is 0 Å². The number of ether oxygens (including phenoxy) is 2. The van der Waals surface area contributed by atoms with E-state index in [0.717, 1.165) is 12.8 Å². The van der Waals surface area contributed by atoms with Crippen LogP contribution < -0.4 is 20.5 Å². The topological polar surface area (TPSA) is 73.6 Å². The summed E-state index contributed by atoms with van der Waals surface area (Å²) in [6.07, 6.45) is 1.95. The van der Waals surface area contributed by atoms with E-state index < -0.39 is 0 Å². The number of carbonyl (C=O) groups is 1. The zero-order valence-corrected chi connectivity index (χ0v) is 12.1. The highest BCUT2D eigenvalue weighted by molar-refractivity contribution is 5.80. The summed E-state index contributed by atoms with van der Waals surface area (Å²) in [4.78, 5) is 11.6. The number of carbonyl (C=O) groups excluding carboxylic acids is 1. The molecule has 22 heavy (non-hydrogen) atoms. The van der Waals surface area contributed by atoms with E-state index in [4.69, 9.17) is 15.2 Å². The Morgan fingerprint density at radius 3 is 2.45 bits per heavy atom. The maximum atomic E-state index is 11.6. The molecule has 3 rings (SSSR count). The van der Waals surface area contributed by atoms with Crippen molar-refractivity contribution >= 4 is 11.6 Å². The van der Waals surface area contributed by atoms with Gasteiger partial charge in [-0.05, 0) is 49.2 Å². The number of nitrogens with one attached hydrogen (secondary N) is 1. The second-order valence-electron chi connectivity index (χ2n) is 5.22. The predicted octanol–water partition coefficient (Wildman–Crippen LogP) is 2.92. The summed E-state index contributed by atoms with van der Waals surface area (Å²) in [5.41, 5.74) is 6.33. The van der Waals surface area contributed by atoms with Crippen LogP contribution in [0.5, 0.6) is 17.2 Å². The predicted molar refractivity (Wildman–Crippen MR) is 83.7 cm³/mol. The van der Waals surface area contributed by atoms with Crippen LogP contribution in [0.25, 0.3) is 0 Å². The standard InChI is InChI=1S/C17H18N2O3/c18-13-7-9-14(10-8-13)22-16-4-2-1-3-15(16)21-11-19-17(20)12-5-6-12/h1-4,7-10,12H,5-6,11,18H2,(H,19,20). The first-order valence-corrected chi connectivity index (χ1v) is 7.25. The fourth-order valence-electron chi connectivity index (χ4n) is 1.99. The van der Waals surface area contributed by atoms with Crippen LogP contribution in [0.3, 0.4) is 0 Å². The summed E-state index contributed by atoms with van der Waals surface area (Å²) in [5, 5.41) is 2.76. The van der Waals surface area contributed by atoms with Gasteiger partial charge in [0.05, 0.1) is 0 Å². The number of nitrogens with two attached hydrogens (primary N) is 1. The lowest BCUT2D eigenvalue weighted by Crippen LogP contribution is -2.28. The lowest BCUT2D eigenvalue weighted by atomic mass is 10.3. The van der Waals surface area contributed by atoms with E-state index in [1.54, 1.807) is 30.3 Å². The Morgan fingerprint density at radius 1 is 1.09 bits per heavy atom. The highest BCUT2D eigenvalue weighted by Gasteiger charge is 2.29. The fourth-order valence-corrected chi connectivity index (χ4v) is 1.99. The molecule has 0 heterocycles. The minimum atomic E-state index is 0.0527. The molecule has 0 radical (unpaired) electrons. The van der Waals surface area contributed by atoms with Crippen molar-refractivity contribution in [2.45, 2.75) is 12.8 Å². The van der Waals surface area contributed by atoms with Crippen LogP contribution in [0.1, 0.15) is 12.8 Å². The fraction of sp³-hybridized carbons (Fsp3) is 0.235. The minimum absolute atomic E-state index is 0.0527. The van der Waals surface area contributed by atoms with Gasteiger partial charge in [0.2, 0.25) is 5.91 Å². The highest BCUT2D eigenvalue weighted by atomic mass is 16.5. The largest absolute Gasteiger partial charge is 0.469 e. The number of rotatable bonds is 6. The second-order valence-corrected chi connectivity index (χ2v) is 5.22. The molecular weight excluding hydrogens is 280 g/mol. The van der Waals surface area contributed by atoms with Crippen molar-refractivity contribution in [3.05, 3.63) is 48.5 Å². The van der Waals surface area contributed by atoms with Gasteiger partial charge in [-0.25, -0.2) is 0 Å². The Balaban J connectivity index is 1.61. The summed E-state index contributed by atoms with van der Waals surface area (Å²) in [6, 6.07) is 14.5. The molecule has 0 aliphatic heterocycles. The number of nitrogen functional groups attached to an aromatic ring is 1. The average molecular weight is 298 g/mol. The monoisotopic (exact) mass is 298 g/mol. The van der Waals surface area contributed by atoms with Gasteiger partial charge in [-0.3, -0.25) is 4.79 Å². The third-order valence-corrected chi connectivity index (χ3v) is 3.38. The van der Waals surface area contributed by atoms with Crippen molar-refractivity contribution in [3.8, 4) is 17.2 Å². The molecule has 0 atom stereocenters. The van der Waals surface area contributed by atoms with Crippen molar-refractivity contribution in [2.24, 2.45) is 5.92 Å². The van der Waals surface area contributed by atoms with E-state index in [1.165, 1.54) is 0 Å². The van der Waals surface area contributed by atoms with Crippen LogP contribution in [0.2, 0.25) is 0 Å². The number of anilines is 1. The quantitative estimate of drug-likeness (QED) is 0.635. The zero-order valence-electron chi connectivity index (χ0n) is 12.1. The average Bonchev–Trinajstić information content (AvgIpc) is 3.36. The highest BCUT2D eigenvalue weighted by Crippen LogP contribution is 2.32. The Labute approximate surface area is 129 Å². The van der Waals surface area contributed by atoms with Crippen LogP contribution in [-0.4, -0.2) is 12.6 Å². The number of para-hydroxylation sites is 2. The smallest absolute Gasteiger partial charge is 0.225 e. The van der Waals surface area contributed by atoms with Crippen molar-refractivity contribution in [3.63, 3.8) is 0 Å². The first-order valence-electron chi connectivity index (χ1n) is 7.25. The maximum Gasteiger partial charge on any atom is 0.225 e. The van der Waals surface area contributed by atoms with Gasteiger partial charge < -0.3 is 20.5 Å². The summed E-state index contributed by atoms with van der Waals surface area (Å²) < 4.78 is 11.4. The molecule has 1 fully saturated rings. The molecule has 2 aromatic rings. The zero-order chi connectivity index (χ0) is 15.4. The third kappa shape index (κ3) is 3.69. The van der Waals surface area contributed by atoms with E-state index in [0.29, 0.717) is 22.9 Å². The lowest BCUT2D eigenvalue weighted by molar-refractivity contribution is -0.123. The lowest BCUT2D eigenvalue weighted by Gasteiger charge is -2.13. The van der Waals surface area contributed by atoms with E-state index >= 15 is 0 Å². The van der Waals surface area contributed by atoms with Crippen molar-refractivity contribution in [1.82, 2.24) is 5.32 Å². The summed E-state index contributed by atoms with van der Waals surface area (Å²) in [6.45, 7) is 0.136. The molecule has 0 saturated heterocycles. The molecule has 0 unspecified atom stereocenters. The molecule has 0 bridgehead atoms. The molecule has 1 aliphatic carbocycles. The summed E-state index contributed by atoms with van der Waals surface area (Å²) in [7, 11) is 0. The van der Waals surface area contributed by atoms with Gasteiger partial charge >= 0.3 is 0 Å². The van der Waals surface area contributed by atoms with Crippen LogP contribution in [0.15, 0.2) is 48.5 Å². The second kappa shape index (κ2) is 6.39. The number of amides is 1. The van der Waals surface area contributed by atoms with Crippen LogP contribution in [0.4, 0.5) is 5.69 Å². The van der Waals surface area contributed by atoms with Gasteiger partial charge in [0, 0.05) is 11.6 Å². The van der Waals surface area contributed by atoms with E-state index in [9.17, 15) is 4.79 Å². The molecule has 5 heteroatoms. The first-order chi connectivity index (χ1) is 10.7. The van der Waals surface area contributed by atoms with E-state index in [-0.39, 0.29) is 18.6 Å². The molecule has 1 amide bonds. The molecular formula is C17H18N2O3. The van der Waals surface area contributed by atoms with Crippen molar-refractivity contribution < 1.29 is 14.3 Å². The van der Waals surface area contributed by atoms with Gasteiger partial charge in [0.15, 0.2) is 18.2 Å². The molecule has 3 N–H and O–H groups in total. The molecule has 2 aromatic carbocycles. The van der Waals surface area contributed by atoms with Crippen molar-refractivity contribution in [2.75, 3.05) is 12.5 Å². The summed E-state index contributed by atoms with van der Waals surface area (Å²) in [5.74, 6) is 2.07. The van der Waals surface area contributed by atoms with Gasteiger partial charge in [0.25, 0.3) is 0 Å². The molecule has 5 nitrogen and oxygen atoms in total. The van der Waals surface area contributed by atoms with Crippen LogP contribution in [0, 0.1) is 5.92 Å². The third-order valence-electron chi connectivity index (χ3n) is 3.38. The van der Waals surface area contributed by atoms with Gasteiger partial charge in [-0.1, -0.05) is 12.1 Å². The minimum Gasteiger partial charge on any atom is -0.469 e. The molecule has 1 saturated carbocycles. The van der Waals surface area contributed by atoms with Crippen molar-refractivity contribution in [1.29, 1.82) is 0 Å². The summed E-state index contributed by atoms with van der Waals surface area (Å²) >= 11 is 0. The molecule has 114 valence electrons. The molecule has 0 aromatic heterocycles. The van der Waals surface area contributed by atoms with Gasteiger partial charge in [0.1, 0.15) is 5.75 Å².